The quantitative estimate of drug-likeness (QED) is 0.100. The molecular weight excluding hydrogens is 801 g/mol. The second kappa shape index (κ2) is 17.1. The number of ether oxygens (including phenoxy) is 2. The lowest BCUT2D eigenvalue weighted by Crippen LogP contribution is -2.51. The molecule has 2 fully saturated rings. The zero-order valence-electron chi connectivity index (χ0n) is 34.5. The molecule has 2 aromatic carbocycles. The van der Waals surface area contributed by atoms with Gasteiger partial charge in [-0.05, 0) is 66.3 Å². The van der Waals surface area contributed by atoms with E-state index >= 15 is 0 Å². The third-order valence-corrected chi connectivity index (χ3v) is 13.8. The second-order valence-electron chi connectivity index (χ2n) is 16.2. The van der Waals surface area contributed by atoms with Crippen molar-refractivity contribution in [2.75, 3.05) is 27.3 Å². The first-order valence-corrected chi connectivity index (χ1v) is 22.2. The summed E-state index contributed by atoms with van der Waals surface area (Å²) in [6.45, 7) is 8.83. The van der Waals surface area contributed by atoms with E-state index in [-0.39, 0.29) is 35.7 Å². The van der Waals surface area contributed by atoms with E-state index in [2.05, 4.69) is 67.8 Å². The summed E-state index contributed by atoms with van der Waals surface area (Å²) >= 11 is 3.41. The molecule has 4 atom stereocenters. The number of methoxy groups -OCH3 is 2. The SMILES string of the molecule is COC(=O)N[C@H](C(=O)N1CCCC1c1ncc(-c2csc3c(-c4ccc(-c5ccc6[nH]c(C7CCCN7C(=O)[C@H](NC(=O)OC)C(C)C)nc6c5)cc4)csc23)[nH]1)C(C)C. The average Bonchev–Trinajstić information content (AvgIpc) is 4.10. The maximum Gasteiger partial charge on any atom is 0.407 e. The van der Waals surface area contributed by atoms with Crippen molar-refractivity contribution in [2.45, 2.75) is 77.5 Å². The Hall–Kier alpha value is -5.74. The van der Waals surface area contributed by atoms with E-state index in [1.807, 2.05) is 49.8 Å². The molecule has 4 N–H and O–H groups in total. The third-order valence-electron chi connectivity index (χ3n) is 11.7. The highest BCUT2D eigenvalue weighted by Crippen LogP contribution is 2.44. The molecule has 2 aliphatic rings. The first kappa shape index (κ1) is 41.0. The van der Waals surface area contributed by atoms with Gasteiger partial charge in [0.2, 0.25) is 11.8 Å². The van der Waals surface area contributed by atoms with Gasteiger partial charge in [-0.25, -0.2) is 19.6 Å². The summed E-state index contributed by atoms with van der Waals surface area (Å²) in [7, 11) is 2.59. The Kier molecular flexibility index (Phi) is 11.7. The summed E-state index contributed by atoms with van der Waals surface area (Å²) in [5, 5.41) is 9.80. The minimum atomic E-state index is -0.690. The van der Waals surface area contributed by atoms with Crippen molar-refractivity contribution in [1.82, 2.24) is 40.4 Å². The number of alkyl carbamates (subject to hydrolysis) is 2. The fourth-order valence-electron chi connectivity index (χ4n) is 8.44. The van der Waals surface area contributed by atoms with Crippen molar-refractivity contribution < 1.29 is 28.7 Å². The monoisotopic (exact) mass is 850 g/mol. The predicted octanol–water partition coefficient (Wildman–Crippen LogP) is 8.65. The predicted molar refractivity (Wildman–Crippen MR) is 234 cm³/mol. The largest absolute Gasteiger partial charge is 0.453 e. The van der Waals surface area contributed by atoms with Gasteiger partial charge in [0.25, 0.3) is 0 Å². The number of imidazole rings is 2. The highest BCUT2D eigenvalue weighted by atomic mass is 32.1. The van der Waals surface area contributed by atoms with Gasteiger partial charge in [-0.1, -0.05) is 58.0 Å². The molecule has 0 aliphatic carbocycles. The number of aromatic amines is 2. The van der Waals surface area contributed by atoms with Gasteiger partial charge in [0.05, 0.1) is 58.6 Å². The van der Waals surface area contributed by atoms with Gasteiger partial charge < -0.3 is 39.9 Å². The highest BCUT2D eigenvalue weighted by Gasteiger charge is 2.39. The molecule has 2 aliphatic heterocycles. The van der Waals surface area contributed by atoms with Crippen LogP contribution in [0.2, 0.25) is 0 Å². The second-order valence-corrected chi connectivity index (χ2v) is 17.9. The van der Waals surface area contributed by atoms with Crippen LogP contribution in [-0.4, -0.2) is 93.1 Å². The van der Waals surface area contributed by atoms with Gasteiger partial charge in [-0.15, -0.1) is 22.7 Å². The fourth-order valence-corrected chi connectivity index (χ4v) is 10.9. The van der Waals surface area contributed by atoms with Crippen molar-refractivity contribution in [3.63, 3.8) is 0 Å². The van der Waals surface area contributed by atoms with Gasteiger partial charge in [-0.3, -0.25) is 9.59 Å². The average molecular weight is 851 g/mol. The van der Waals surface area contributed by atoms with Crippen LogP contribution in [0.25, 0.3) is 53.9 Å². The van der Waals surface area contributed by atoms with Crippen LogP contribution in [0.15, 0.2) is 59.4 Å². The number of fused-ring (bicyclic) bond motifs is 2. The number of H-pyrrole nitrogens is 2. The van der Waals surface area contributed by atoms with E-state index in [0.717, 1.165) is 76.3 Å². The highest BCUT2D eigenvalue weighted by molar-refractivity contribution is 7.27. The van der Waals surface area contributed by atoms with Gasteiger partial charge in [0, 0.05) is 35.0 Å². The van der Waals surface area contributed by atoms with Crippen LogP contribution < -0.4 is 10.6 Å². The lowest BCUT2D eigenvalue weighted by atomic mass is 10.0. The number of rotatable bonds is 11. The van der Waals surface area contributed by atoms with Crippen LogP contribution in [0.1, 0.15) is 77.1 Å². The first-order valence-electron chi connectivity index (χ1n) is 20.4. The van der Waals surface area contributed by atoms with Crippen molar-refractivity contribution in [3.8, 4) is 33.5 Å². The van der Waals surface area contributed by atoms with Crippen LogP contribution in [0.5, 0.6) is 0 Å². The molecule has 8 rings (SSSR count). The van der Waals surface area contributed by atoms with Crippen LogP contribution >= 0.6 is 22.7 Å². The maximum absolute atomic E-state index is 13.7. The van der Waals surface area contributed by atoms with Crippen LogP contribution in [-0.2, 0) is 19.1 Å². The summed E-state index contributed by atoms with van der Waals surface area (Å²) in [6.07, 6.45) is 3.89. The third kappa shape index (κ3) is 7.85. The zero-order valence-corrected chi connectivity index (χ0v) is 36.2. The summed E-state index contributed by atoms with van der Waals surface area (Å²) in [5.41, 5.74) is 8.13. The van der Waals surface area contributed by atoms with Crippen LogP contribution in [0.4, 0.5) is 9.59 Å². The zero-order chi connectivity index (χ0) is 42.2. The summed E-state index contributed by atoms with van der Waals surface area (Å²) in [6, 6.07) is 13.0. The van der Waals surface area contributed by atoms with Gasteiger partial charge >= 0.3 is 12.2 Å². The Morgan fingerprint density at radius 2 is 1.25 bits per heavy atom. The molecule has 60 heavy (non-hydrogen) atoms. The van der Waals surface area contributed by atoms with E-state index in [0.29, 0.717) is 13.1 Å². The Labute approximate surface area is 356 Å². The Morgan fingerprint density at radius 1 is 0.717 bits per heavy atom. The molecule has 0 saturated carbocycles. The number of carbonyl (C=O) groups is 4. The van der Waals surface area contributed by atoms with Crippen molar-refractivity contribution in [3.05, 3.63) is 71.1 Å². The lowest BCUT2D eigenvalue weighted by molar-refractivity contribution is -0.136. The standard InChI is InChI=1S/C44H50N8O6S2/c1-23(2)35(49-43(55)57-5)41(53)51-17-7-9-33(51)39-45-20-32(48-39)29-22-60-37-28(21-59-38(29)37)26-13-11-25(12-14-26)27-15-16-30-31(19-27)47-40(46-30)34-10-8-18-52(34)42(54)36(24(3)4)50-44(56)58-6/h11-16,19-24,33-36H,7-10,17-18H2,1-6H3,(H,45,48)(H,46,47)(H,49,55)(H,50,56)/t33?,34?,35-,36+/m0/s1. The maximum atomic E-state index is 13.7. The van der Waals surface area contributed by atoms with Crippen molar-refractivity contribution in [2.24, 2.45) is 11.8 Å². The van der Waals surface area contributed by atoms with E-state index < -0.39 is 24.3 Å². The van der Waals surface area contributed by atoms with Crippen molar-refractivity contribution in [1.29, 1.82) is 0 Å². The molecule has 6 heterocycles. The number of hydrogen-bond acceptors (Lipinski definition) is 10. The number of likely N-dealkylation sites (tertiary alicyclic amines) is 2. The molecule has 6 aromatic rings. The van der Waals surface area contributed by atoms with Gasteiger partial charge in [-0.2, -0.15) is 0 Å². The molecule has 314 valence electrons. The Morgan fingerprint density at radius 3 is 1.83 bits per heavy atom. The van der Waals surface area contributed by atoms with Crippen molar-refractivity contribution >= 4 is 67.1 Å². The molecule has 16 heteroatoms. The van der Waals surface area contributed by atoms with E-state index in [9.17, 15) is 19.2 Å². The van der Waals surface area contributed by atoms with E-state index in [4.69, 9.17) is 19.4 Å². The van der Waals surface area contributed by atoms with E-state index in [1.54, 1.807) is 22.7 Å². The van der Waals surface area contributed by atoms with Crippen LogP contribution in [0, 0.1) is 11.8 Å². The van der Waals surface area contributed by atoms with Crippen LogP contribution in [0.3, 0.4) is 0 Å². The lowest BCUT2D eigenvalue weighted by Gasteiger charge is -2.30. The summed E-state index contributed by atoms with van der Waals surface area (Å²) in [4.78, 5) is 71.7. The van der Waals surface area contributed by atoms with E-state index in [1.165, 1.54) is 29.2 Å². The molecule has 0 radical (unpaired) electrons. The Bertz CT molecular complexity index is 2540. The number of benzene rings is 2. The number of thiophene rings is 2. The van der Waals surface area contributed by atoms with Gasteiger partial charge in [0.1, 0.15) is 23.7 Å². The normalized spacial score (nSPS) is 17.8. The number of aromatic nitrogens is 4. The fraction of sp³-hybridized carbons (Fsp3) is 0.409. The molecule has 2 unspecified atom stereocenters. The summed E-state index contributed by atoms with van der Waals surface area (Å²) in [5.74, 6) is 1.01. The van der Waals surface area contributed by atoms with Gasteiger partial charge in [0.15, 0.2) is 0 Å². The smallest absolute Gasteiger partial charge is 0.407 e. The molecule has 0 bridgehead atoms. The molecular formula is C44H50N8O6S2. The molecule has 14 nitrogen and oxygen atoms in total. The topological polar surface area (TPSA) is 175 Å². The molecule has 2 saturated heterocycles. The summed E-state index contributed by atoms with van der Waals surface area (Å²) < 4.78 is 11.9. The first-order chi connectivity index (χ1) is 28.9. The number of amides is 4. The Balaban J connectivity index is 0.974. The number of nitrogens with zero attached hydrogens (tertiary/aromatic N) is 4. The molecule has 0 spiro atoms. The number of hydrogen-bond donors (Lipinski definition) is 4. The molecule has 4 amide bonds. The number of carbonyl (C=O) groups excluding carboxylic acids is 4. The minimum Gasteiger partial charge on any atom is -0.453 e. The minimum absolute atomic E-state index is 0.105. The molecule has 4 aromatic heterocycles. The number of nitrogens with one attached hydrogen (secondary N) is 4.